The van der Waals surface area contributed by atoms with Crippen LogP contribution in [0.3, 0.4) is 0 Å². The number of aliphatic carboxylic acids is 1. The molecule has 0 spiro atoms. The van der Waals surface area contributed by atoms with Crippen LogP contribution in [0.25, 0.3) is 0 Å². The summed E-state index contributed by atoms with van der Waals surface area (Å²) in [4.78, 5) is 24.6. The third kappa shape index (κ3) is 4.06. The molecule has 108 valence electrons. The second kappa shape index (κ2) is 6.52. The monoisotopic (exact) mass is 276 g/mol. The van der Waals surface area contributed by atoms with E-state index in [0.717, 1.165) is 24.1 Å². The van der Waals surface area contributed by atoms with Crippen molar-refractivity contribution < 1.29 is 14.7 Å². The highest BCUT2D eigenvalue weighted by molar-refractivity contribution is 5.96. The summed E-state index contributed by atoms with van der Waals surface area (Å²) in [5, 5.41) is 12.0. The summed E-state index contributed by atoms with van der Waals surface area (Å²) in [7, 11) is 0. The fourth-order valence-electron chi connectivity index (χ4n) is 2.07. The fraction of sp³-hybridized carbons (Fsp3) is 0.467. The molecule has 0 unspecified atom stereocenters. The molecule has 1 aliphatic carbocycles. The van der Waals surface area contributed by atoms with Gasteiger partial charge in [0, 0.05) is 18.3 Å². The van der Waals surface area contributed by atoms with Crippen LogP contribution >= 0.6 is 0 Å². The fourth-order valence-corrected chi connectivity index (χ4v) is 2.07. The molecular formula is C15H20N2O3. The average molecular weight is 276 g/mol. The van der Waals surface area contributed by atoms with Crippen molar-refractivity contribution in [2.45, 2.75) is 32.2 Å². The molecule has 1 amide bonds. The molecule has 1 saturated carbocycles. The lowest BCUT2D eigenvalue weighted by Crippen LogP contribution is -2.40. The molecule has 0 radical (unpaired) electrons. The van der Waals surface area contributed by atoms with Gasteiger partial charge in [-0.15, -0.1) is 0 Å². The molecule has 0 heterocycles. The van der Waals surface area contributed by atoms with Gasteiger partial charge < -0.3 is 15.3 Å². The van der Waals surface area contributed by atoms with Crippen molar-refractivity contribution in [1.82, 2.24) is 5.32 Å². The summed E-state index contributed by atoms with van der Waals surface area (Å²) in [6, 6.07) is 7.99. The van der Waals surface area contributed by atoms with E-state index in [-0.39, 0.29) is 25.4 Å². The molecule has 0 atom stereocenters. The van der Waals surface area contributed by atoms with Gasteiger partial charge in [0.25, 0.3) is 0 Å². The molecule has 0 saturated heterocycles. The van der Waals surface area contributed by atoms with Gasteiger partial charge in [-0.2, -0.15) is 0 Å². The highest BCUT2D eigenvalue weighted by Crippen LogP contribution is 2.21. The standard InChI is InChI=1S/C15H20N2O3/c1-11-4-2-3-5-13(11)17(9-8-15(19)20)14(18)10-16-12-6-7-12/h2-5,12,16H,6-10H2,1H3,(H,19,20). The molecule has 2 N–H and O–H groups in total. The van der Waals surface area contributed by atoms with Gasteiger partial charge in [0.15, 0.2) is 0 Å². The van der Waals surface area contributed by atoms with Gasteiger partial charge in [0.05, 0.1) is 13.0 Å². The van der Waals surface area contributed by atoms with E-state index in [1.54, 1.807) is 4.90 Å². The Labute approximate surface area is 118 Å². The first-order chi connectivity index (χ1) is 9.58. The van der Waals surface area contributed by atoms with E-state index in [4.69, 9.17) is 5.11 Å². The van der Waals surface area contributed by atoms with Crippen molar-refractivity contribution in [3.05, 3.63) is 29.8 Å². The topological polar surface area (TPSA) is 69.6 Å². The Morgan fingerprint density at radius 2 is 2.05 bits per heavy atom. The molecule has 20 heavy (non-hydrogen) atoms. The van der Waals surface area contributed by atoms with Crippen LogP contribution < -0.4 is 10.2 Å². The van der Waals surface area contributed by atoms with Crippen molar-refractivity contribution in [2.24, 2.45) is 0 Å². The Morgan fingerprint density at radius 1 is 1.35 bits per heavy atom. The molecule has 1 aromatic rings. The van der Waals surface area contributed by atoms with Gasteiger partial charge in [-0.25, -0.2) is 0 Å². The van der Waals surface area contributed by atoms with E-state index >= 15 is 0 Å². The second-order valence-electron chi connectivity index (χ2n) is 5.13. The SMILES string of the molecule is Cc1ccccc1N(CCC(=O)O)C(=O)CNC1CC1. The Bertz CT molecular complexity index is 498. The van der Waals surface area contributed by atoms with E-state index in [2.05, 4.69) is 5.32 Å². The number of rotatable bonds is 7. The van der Waals surface area contributed by atoms with Crippen molar-refractivity contribution in [2.75, 3.05) is 18.0 Å². The molecule has 0 aromatic heterocycles. The minimum atomic E-state index is -0.897. The van der Waals surface area contributed by atoms with E-state index in [0.29, 0.717) is 6.04 Å². The number of para-hydroxylation sites is 1. The number of hydrogen-bond donors (Lipinski definition) is 2. The summed E-state index contributed by atoms with van der Waals surface area (Å²) < 4.78 is 0. The number of carbonyl (C=O) groups is 2. The predicted octanol–water partition coefficient (Wildman–Crippen LogP) is 1.55. The van der Waals surface area contributed by atoms with E-state index in [1.165, 1.54) is 0 Å². The zero-order chi connectivity index (χ0) is 14.5. The first kappa shape index (κ1) is 14.5. The molecule has 1 aliphatic rings. The molecule has 0 aliphatic heterocycles. The van der Waals surface area contributed by atoms with Gasteiger partial charge in [-0.1, -0.05) is 18.2 Å². The first-order valence-corrected chi connectivity index (χ1v) is 6.89. The van der Waals surface area contributed by atoms with Crippen LogP contribution in [0.1, 0.15) is 24.8 Å². The van der Waals surface area contributed by atoms with Crippen LogP contribution in [0, 0.1) is 6.92 Å². The summed E-state index contributed by atoms with van der Waals surface area (Å²) in [5.41, 5.74) is 1.76. The number of amides is 1. The van der Waals surface area contributed by atoms with Gasteiger partial charge in [-0.05, 0) is 31.4 Å². The maximum atomic E-state index is 12.3. The lowest BCUT2D eigenvalue weighted by atomic mass is 10.1. The molecule has 1 aromatic carbocycles. The zero-order valence-electron chi connectivity index (χ0n) is 11.6. The highest BCUT2D eigenvalue weighted by atomic mass is 16.4. The van der Waals surface area contributed by atoms with Crippen molar-refractivity contribution in [1.29, 1.82) is 0 Å². The summed E-state index contributed by atoms with van der Waals surface area (Å²) in [6.07, 6.45) is 2.18. The van der Waals surface area contributed by atoms with Crippen LogP contribution in [0.15, 0.2) is 24.3 Å². The van der Waals surface area contributed by atoms with Crippen LogP contribution in [-0.2, 0) is 9.59 Å². The smallest absolute Gasteiger partial charge is 0.305 e. The molecule has 2 rings (SSSR count). The number of carboxylic acids is 1. The Morgan fingerprint density at radius 3 is 2.65 bits per heavy atom. The Kier molecular flexibility index (Phi) is 4.74. The van der Waals surface area contributed by atoms with Crippen molar-refractivity contribution >= 4 is 17.6 Å². The number of carbonyl (C=O) groups excluding carboxylic acids is 1. The number of carboxylic acid groups (broad SMARTS) is 1. The second-order valence-corrected chi connectivity index (χ2v) is 5.13. The third-order valence-corrected chi connectivity index (χ3v) is 3.38. The van der Waals surface area contributed by atoms with E-state index in [9.17, 15) is 9.59 Å². The maximum Gasteiger partial charge on any atom is 0.305 e. The largest absolute Gasteiger partial charge is 0.481 e. The quantitative estimate of drug-likeness (QED) is 0.793. The van der Waals surface area contributed by atoms with Gasteiger partial charge in [0.2, 0.25) is 5.91 Å². The van der Waals surface area contributed by atoms with Crippen molar-refractivity contribution in [3.63, 3.8) is 0 Å². The lowest BCUT2D eigenvalue weighted by molar-refractivity contribution is -0.136. The normalized spacial score (nSPS) is 14.1. The van der Waals surface area contributed by atoms with Crippen LogP contribution in [-0.4, -0.2) is 36.1 Å². The summed E-state index contributed by atoms with van der Waals surface area (Å²) >= 11 is 0. The number of benzene rings is 1. The van der Waals surface area contributed by atoms with Crippen molar-refractivity contribution in [3.8, 4) is 0 Å². The third-order valence-electron chi connectivity index (χ3n) is 3.38. The van der Waals surface area contributed by atoms with Gasteiger partial charge in [0.1, 0.15) is 0 Å². The number of nitrogens with one attached hydrogen (secondary N) is 1. The predicted molar refractivity (Wildman–Crippen MR) is 76.8 cm³/mol. The molecular weight excluding hydrogens is 256 g/mol. The maximum absolute atomic E-state index is 12.3. The van der Waals surface area contributed by atoms with Gasteiger partial charge >= 0.3 is 5.97 Å². The molecule has 5 heteroatoms. The Balaban J connectivity index is 2.08. The first-order valence-electron chi connectivity index (χ1n) is 6.89. The van der Waals surface area contributed by atoms with Crippen LogP contribution in [0.2, 0.25) is 0 Å². The lowest BCUT2D eigenvalue weighted by Gasteiger charge is -2.24. The van der Waals surface area contributed by atoms with E-state index < -0.39 is 5.97 Å². The van der Waals surface area contributed by atoms with E-state index in [1.807, 2.05) is 31.2 Å². The highest BCUT2D eigenvalue weighted by Gasteiger charge is 2.24. The minimum absolute atomic E-state index is 0.0521. The zero-order valence-corrected chi connectivity index (χ0v) is 11.6. The van der Waals surface area contributed by atoms with Crippen LogP contribution in [0.4, 0.5) is 5.69 Å². The number of hydrogen-bond acceptors (Lipinski definition) is 3. The Hall–Kier alpha value is -1.88. The number of aryl methyl sites for hydroxylation is 1. The summed E-state index contributed by atoms with van der Waals surface area (Å²) in [5.74, 6) is -0.973. The molecule has 1 fully saturated rings. The number of anilines is 1. The minimum Gasteiger partial charge on any atom is -0.481 e. The average Bonchev–Trinajstić information content (AvgIpc) is 3.22. The van der Waals surface area contributed by atoms with Crippen LogP contribution in [0.5, 0.6) is 0 Å². The molecule has 5 nitrogen and oxygen atoms in total. The summed E-state index contributed by atoms with van der Waals surface area (Å²) in [6.45, 7) is 2.38. The molecule has 0 bridgehead atoms. The number of nitrogens with zero attached hydrogens (tertiary/aromatic N) is 1. The van der Waals surface area contributed by atoms with Gasteiger partial charge in [-0.3, -0.25) is 9.59 Å².